The van der Waals surface area contributed by atoms with Gasteiger partial charge in [-0.15, -0.1) is 0 Å². The van der Waals surface area contributed by atoms with Crippen LogP contribution >= 0.6 is 11.6 Å². The monoisotopic (exact) mass is 243 g/mol. The van der Waals surface area contributed by atoms with Crippen molar-refractivity contribution < 1.29 is 14.6 Å². The summed E-state index contributed by atoms with van der Waals surface area (Å²) in [5.74, 6) is -0.134. The average molecular weight is 244 g/mol. The van der Waals surface area contributed by atoms with Crippen molar-refractivity contribution in [2.24, 2.45) is 5.73 Å². The van der Waals surface area contributed by atoms with Gasteiger partial charge in [-0.2, -0.15) is 0 Å². The van der Waals surface area contributed by atoms with Crippen molar-refractivity contribution in [1.29, 1.82) is 0 Å². The Bertz CT molecular complexity index is 418. The summed E-state index contributed by atoms with van der Waals surface area (Å²) in [5.41, 5.74) is 6.29. The normalized spacial score (nSPS) is 10.2. The summed E-state index contributed by atoms with van der Waals surface area (Å²) in [6, 6.07) is 1.57. The standard InChI is InChI=1S/C11H14ClNO3/c1-6-5-8(16-2)11(15)10(12)9(6)7(14)3-4-13/h5,15H,3-4,13H2,1-2H3. The Kier molecular flexibility index (Phi) is 4.15. The summed E-state index contributed by atoms with van der Waals surface area (Å²) in [6.07, 6.45) is 0.201. The third kappa shape index (κ3) is 2.28. The summed E-state index contributed by atoms with van der Waals surface area (Å²) < 4.78 is 4.93. The van der Waals surface area contributed by atoms with E-state index >= 15 is 0 Å². The Morgan fingerprint density at radius 3 is 2.75 bits per heavy atom. The molecule has 0 saturated carbocycles. The van der Waals surface area contributed by atoms with Crippen molar-refractivity contribution in [2.45, 2.75) is 13.3 Å². The first-order valence-corrected chi connectivity index (χ1v) is 5.20. The fourth-order valence-electron chi connectivity index (χ4n) is 1.49. The van der Waals surface area contributed by atoms with Gasteiger partial charge < -0.3 is 15.6 Å². The third-order valence-electron chi connectivity index (χ3n) is 2.27. The summed E-state index contributed by atoms with van der Waals surface area (Å²) in [7, 11) is 1.42. The Labute approximate surface area is 99.0 Å². The summed E-state index contributed by atoms with van der Waals surface area (Å²) in [5, 5.41) is 9.70. The van der Waals surface area contributed by atoms with Crippen molar-refractivity contribution >= 4 is 17.4 Å². The lowest BCUT2D eigenvalue weighted by molar-refractivity contribution is 0.0984. The van der Waals surface area contributed by atoms with E-state index in [4.69, 9.17) is 22.1 Å². The summed E-state index contributed by atoms with van der Waals surface area (Å²) in [4.78, 5) is 11.7. The molecule has 0 atom stereocenters. The van der Waals surface area contributed by atoms with Gasteiger partial charge in [-0.05, 0) is 25.1 Å². The number of halogens is 1. The molecule has 0 aliphatic heterocycles. The van der Waals surface area contributed by atoms with Crippen molar-refractivity contribution in [3.8, 4) is 11.5 Å². The smallest absolute Gasteiger partial charge is 0.177 e. The zero-order valence-electron chi connectivity index (χ0n) is 9.21. The second-order valence-corrected chi connectivity index (χ2v) is 3.77. The minimum Gasteiger partial charge on any atom is -0.503 e. The molecule has 0 bridgehead atoms. The predicted octanol–water partition coefficient (Wildman–Crippen LogP) is 1.89. The molecule has 1 aromatic rings. The maximum atomic E-state index is 11.7. The van der Waals surface area contributed by atoms with Crippen LogP contribution < -0.4 is 10.5 Å². The van der Waals surface area contributed by atoms with Gasteiger partial charge in [0.05, 0.1) is 12.1 Å². The number of aryl methyl sites for hydroxylation is 1. The van der Waals surface area contributed by atoms with Gasteiger partial charge in [0.2, 0.25) is 0 Å². The van der Waals surface area contributed by atoms with Gasteiger partial charge in [-0.3, -0.25) is 4.79 Å². The highest BCUT2D eigenvalue weighted by Crippen LogP contribution is 2.38. The number of carbonyl (C=O) groups excluding carboxylic acids is 1. The fourth-order valence-corrected chi connectivity index (χ4v) is 1.84. The Morgan fingerprint density at radius 2 is 2.25 bits per heavy atom. The van der Waals surface area contributed by atoms with Crippen molar-refractivity contribution in [2.75, 3.05) is 13.7 Å². The quantitative estimate of drug-likeness (QED) is 0.793. The molecule has 5 heteroatoms. The molecule has 0 unspecified atom stereocenters. The number of phenols is 1. The van der Waals surface area contributed by atoms with Crippen LogP contribution in [0.1, 0.15) is 22.3 Å². The number of carbonyl (C=O) groups is 1. The number of benzene rings is 1. The predicted molar refractivity (Wildman–Crippen MR) is 62.4 cm³/mol. The molecule has 0 saturated heterocycles. The molecule has 1 rings (SSSR count). The van der Waals surface area contributed by atoms with E-state index in [1.54, 1.807) is 13.0 Å². The van der Waals surface area contributed by atoms with Crippen LogP contribution in [-0.2, 0) is 0 Å². The molecule has 88 valence electrons. The lowest BCUT2D eigenvalue weighted by Gasteiger charge is -2.12. The van der Waals surface area contributed by atoms with E-state index in [9.17, 15) is 9.90 Å². The molecular formula is C11H14ClNO3. The molecule has 0 aliphatic carbocycles. The maximum absolute atomic E-state index is 11.7. The molecule has 1 aromatic carbocycles. The third-order valence-corrected chi connectivity index (χ3v) is 2.64. The van der Waals surface area contributed by atoms with E-state index in [1.807, 2.05) is 0 Å². The molecular weight excluding hydrogens is 230 g/mol. The van der Waals surface area contributed by atoms with Crippen molar-refractivity contribution in [3.63, 3.8) is 0 Å². The first-order chi connectivity index (χ1) is 7.52. The zero-order chi connectivity index (χ0) is 12.3. The largest absolute Gasteiger partial charge is 0.503 e. The first-order valence-electron chi connectivity index (χ1n) is 4.82. The van der Waals surface area contributed by atoms with Gasteiger partial charge >= 0.3 is 0 Å². The van der Waals surface area contributed by atoms with Crippen LogP contribution in [0.5, 0.6) is 11.5 Å². The van der Waals surface area contributed by atoms with E-state index in [0.29, 0.717) is 11.1 Å². The molecule has 16 heavy (non-hydrogen) atoms. The first kappa shape index (κ1) is 12.8. The number of hydrogen-bond acceptors (Lipinski definition) is 4. The molecule has 3 N–H and O–H groups in total. The number of hydrogen-bond donors (Lipinski definition) is 2. The fraction of sp³-hybridized carbons (Fsp3) is 0.364. The van der Waals surface area contributed by atoms with Crippen LogP contribution in [0.15, 0.2) is 6.07 Å². The highest BCUT2D eigenvalue weighted by molar-refractivity contribution is 6.35. The molecule has 4 nitrogen and oxygen atoms in total. The number of methoxy groups -OCH3 is 1. The van der Waals surface area contributed by atoms with E-state index in [-0.39, 0.29) is 35.3 Å². The Morgan fingerprint density at radius 1 is 1.62 bits per heavy atom. The number of ether oxygens (including phenoxy) is 1. The molecule has 0 aliphatic rings. The number of nitrogens with two attached hydrogens (primary N) is 1. The highest BCUT2D eigenvalue weighted by atomic mass is 35.5. The number of aromatic hydroxyl groups is 1. The number of Topliss-reactive ketones (excluding diaryl/α,β-unsaturated/α-hetero) is 1. The number of phenolic OH excluding ortho intramolecular Hbond substituents is 1. The molecule has 0 amide bonds. The highest BCUT2D eigenvalue weighted by Gasteiger charge is 2.19. The minimum absolute atomic E-state index is 0.0234. The number of ketones is 1. The minimum atomic E-state index is -0.213. The van der Waals surface area contributed by atoms with E-state index < -0.39 is 0 Å². The lowest BCUT2D eigenvalue weighted by atomic mass is 10.0. The van der Waals surface area contributed by atoms with Crippen LogP contribution in [0.4, 0.5) is 0 Å². The van der Waals surface area contributed by atoms with Crippen LogP contribution in [0.2, 0.25) is 5.02 Å². The Hall–Kier alpha value is -1.26. The molecule has 0 radical (unpaired) electrons. The number of rotatable bonds is 4. The molecule has 0 spiro atoms. The zero-order valence-corrected chi connectivity index (χ0v) is 9.97. The second kappa shape index (κ2) is 5.18. The summed E-state index contributed by atoms with van der Waals surface area (Å²) >= 11 is 5.92. The van der Waals surface area contributed by atoms with E-state index in [1.165, 1.54) is 7.11 Å². The second-order valence-electron chi connectivity index (χ2n) is 3.40. The van der Waals surface area contributed by atoms with Crippen molar-refractivity contribution in [1.82, 2.24) is 0 Å². The summed E-state index contributed by atoms with van der Waals surface area (Å²) in [6.45, 7) is 1.99. The molecule has 0 fully saturated rings. The van der Waals surface area contributed by atoms with Gasteiger partial charge in [-0.25, -0.2) is 0 Å². The van der Waals surface area contributed by atoms with Gasteiger partial charge in [0.15, 0.2) is 17.3 Å². The van der Waals surface area contributed by atoms with E-state index in [0.717, 1.165) is 0 Å². The topological polar surface area (TPSA) is 72.5 Å². The average Bonchev–Trinajstić information content (AvgIpc) is 2.24. The maximum Gasteiger partial charge on any atom is 0.177 e. The van der Waals surface area contributed by atoms with E-state index in [2.05, 4.69) is 0 Å². The van der Waals surface area contributed by atoms with Gasteiger partial charge in [-0.1, -0.05) is 11.6 Å². The van der Waals surface area contributed by atoms with Gasteiger partial charge in [0.25, 0.3) is 0 Å². The SMILES string of the molecule is COc1cc(C)c(C(=O)CCN)c(Cl)c1O. The van der Waals surface area contributed by atoms with Crippen LogP contribution in [0.3, 0.4) is 0 Å². The lowest BCUT2D eigenvalue weighted by Crippen LogP contribution is -2.10. The van der Waals surface area contributed by atoms with Crippen LogP contribution in [0, 0.1) is 6.92 Å². The van der Waals surface area contributed by atoms with Crippen molar-refractivity contribution in [3.05, 3.63) is 22.2 Å². The Balaban J connectivity index is 3.30. The van der Waals surface area contributed by atoms with Crippen LogP contribution in [-0.4, -0.2) is 24.5 Å². The van der Waals surface area contributed by atoms with Crippen LogP contribution in [0.25, 0.3) is 0 Å². The van der Waals surface area contributed by atoms with Gasteiger partial charge in [0.1, 0.15) is 0 Å². The molecule has 0 heterocycles. The van der Waals surface area contributed by atoms with Gasteiger partial charge in [0, 0.05) is 12.0 Å². The molecule has 0 aromatic heterocycles.